The Bertz CT molecular complexity index is 469. The normalized spacial score (nSPS) is 11.0. The molecule has 0 unspecified atom stereocenters. The van der Waals surface area contributed by atoms with Crippen LogP contribution in [0.15, 0.2) is 12.1 Å². The van der Waals surface area contributed by atoms with Gasteiger partial charge in [0.25, 0.3) is 5.91 Å². The van der Waals surface area contributed by atoms with Crippen molar-refractivity contribution < 1.29 is 14.7 Å². The molecule has 0 aliphatic heterocycles. The fourth-order valence-corrected chi connectivity index (χ4v) is 1.20. The molecule has 6 heteroatoms. The van der Waals surface area contributed by atoms with Crippen molar-refractivity contribution in [1.29, 1.82) is 0 Å². The first-order chi connectivity index (χ1) is 7.74. The van der Waals surface area contributed by atoms with E-state index in [4.69, 9.17) is 10.8 Å². The number of carboxylic acid groups (broad SMARTS) is 1. The van der Waals surface area contributed by atoms with Crippen LogP contribution in [0.25, 0.3) is 0 Å². The fourth-order valence-electron chi connectivity index (χ4n) is 1.20. The lowest BCUT2D eigenvalue weighted by Gasteiger charge is -2.23. The predicted molar refractivity (Wildman–Crippen MR) is 62.8 cm³/mol. The average Bonchev–Trinajstić information content (AvgIpc) is 2.15. The number of aromatic nitrogens is 1. The first-order valence-corrected chi connectivity index (χ1v) is 5.03. The standard InChI is InChI=1S/C11H15N3O3/c1-6-4-5-7(8(12)15)9(13-6)14-11(2,3)10(16)17/h4-5H,1-3H3,(H2,12,15)(H,13,14)(H,16,17). The highest BCUT2D eigenvalue weighted by Gasteiger charge is 2.28. The third-order valence-electron chi connectivity index (χ3n) is 2.27. The van der Waals surface area contributed by atoms with Crippen LogP contribution in [-0.4, -0.2) is 27.5 Å². The number of aliphatic carboxylic acids is 1. The summed E-state index contributed by atoms with van der Waals surface area (Å²) in [4.78, 5) is 26.3. The molecule has 1 amide bonds. The number of carbonyl (C=O) groups excluding carboxylic acids is 1. The Labute approximate surface area is 98.8 Å². The van der Waals surface area contributed by atoms with Crippen LogP contribution >= 0.6 is 0 Å². The highest BCUT2D eigenvalue weighted by Crippen LogP contribution is 2.18. The van der Waals surface area contributed by atoms with E-state index in [2.05, 4.69) is 10.3 Å². The predicted octanol–water partition coefficient (Wildman–Crippen LogP) is 0.764. The quantitative estimate of drug-likeness (QED) is 0.717. The van der Waals surface area contributed by atoms with Crippen LogP contribution in [0.3, 0.4) is 0 Å². The van der Waals surface area contributed by atoms with Crippen LogP contribution in [0.1, 0.15) is 29.9 Å². The van der Waals surface area contributed by atoms with Gasteiger partial charge in [0.15, 0.2) is 0 Å². The zero-order valence-electron chi connectivity index (χ0n) is 9.94. The number of nitrogens with zero attached hydrogens (tertiary/aromatic N) is 1. The summed E-state index contributed by atoms with van der Waals surface area (Å²) in [7, 11) is 0. The van der Waals surface area contributed by atoms with E-state index in [9.17, 15) is 9.59 Å². The summed E-state index contributed by atoms with van der Waals surface area (Å²) in [5, 5.41) is 11.7. The van der Waals surface area contributed by atoms with E-state index in [0.29, 0.717) is 5.69 Å². The lowest BCUT2D eigenvalue weighted by atomic mass is 10.1. The van der Waals surface area contributed by atoms with Crippen molar-refractivity contribution >= 4 is 17.7 Å². The number of hydrogen-bond acceptors (Lipinski definition) is 4. The maximum atomic E-state index is 11.2. The Morgan fingerprint density at radius 3 is 2.47 bits per heavy atom. The Morgan fingerprint density at radius 2 is 2.00 bits per heavy atom. The summed E-state index contributed by atoms with van der Waals surface area (Å²) in [6.45, 7) is 4.69. The molecule has 92 valence electrons. The number of nitrogens with one attached hydrogen (secondary N) is 1. The minimum Gasteiger partial charge on any atom is -0.480 e. The maximum Gasteiger partial charge on any atom is 0.328 e. The van der Waals surface area contributed by atoms with Gasteiger partial charge in [-0.1, -0.05) is 0 Å². The number of carboxylic acids is 1. The molecule has 0 aliphatic carbocycles. The van der Waals surface area contributed by atoms with Crippen LogP contribution in [0.2, 0.25) is 0 Å². The fraction of sp³-hybridized carbons (Fsp3) is 0.364. The minimum absolute atomic E-state index is 0.171. The second kappa shape index (κ2) is 4.40. The van der Waals surface area contributed by atoms with Gasteiger partial charge in [-0.2, -0.15) is 0 Å². The molecular weight excluding hydrogens is 222 g/mol. The van der Waals surface area contributed by atoms with E-state index in [1.54, 1.807) is 13.0 Å². The zero-order valence-corrected chi connectivity index (χ0v) is 9.94. The smallest absolute Gasteiger partial charge is 0.328 e. The number of nitrogens with two attached hydrogens (primary N) is 1. The molecule has 4 N–H and O–H groups in total. The van der Waals surface area contributed by atoms with Crippen LogP contribution in [0.4, 0.5) is 5.82 Å². The molecule has 0 aliphatic rings. The second-order valence-electron chi connectivity index (χ2n) is 4.27. The van der Waals surface area contributed by atoms with Crippen molar-refractivity contribution in [3.63, 3.8) is 0 Å². The van der Waals surface area contributed by atoms with Gasteiger partial charge >= 0.3 is 5.97 Å². The summed E-state index contributed by atoms with van der Waals surface area (Å²) >= 11 is 0. The number of aryl methyl sites for hydroxylation is 1. The van der Waals surface area contributed by atoms with Gasteiger partial charge in [0, 0.05) is 5.69 Å². The van der Waals surface area contributed by atoms with Gasteiger partial charge in [0.05, 0.1) is 5.56 Å². The van der Waals surface area contributed by atoms with Gasteiger partial charge in [-0.3, -0.25) is 4.79 Å². The van der Waals surface area contributed by atoms with Crippen molar-refractivity contribution in [2.45, 2.75) is 26.3 Å². The zero-order chi connectivity index (χ0) is 13.2. The number of rotatable bonds is 4. The van der Waals surface area contributed by atoms with Gasteiger partial charge in [0.2, 0.25) is 0 Å². The molecule has 17 heavy (non-hydrogen) atoms. The number of amides is 1. The first-order valence-electron chi connectivity index (χ1n) is 5.03. The maximum absolute atomic E-state index is 11.2. The molecule has 0 saturated carbocycles. The molecule has 0 saturated heterocycles. The molecule has 6 nitrogen and oxygen atoms in total. The monoisotopic (exact) mass is 237 g/mol. The van der Waals surface area contributed by atoms with Crippen molar-refractivity contribution in [3.05, 3.63) is 23.4 Å². The molecule has 0 aromatic carbocycles. The highest BCUT2D eigenvalue weighted by molar-refractivity contribution is 5.98. The lowest BCUT2D eigenvalue weighted by Crippen LogP contribution is -2.41. The molecule has 0 spiro atoms. The average molecular weight is 237 g/mol. The molecular formula is C11H15N3O3. The Balaban J connectivity index is 3.17. The second-order valence-corrected chi connectivity index (χ2v) is 4.27. The van der Waals surface area contributed by atoms with Crippen LogP contribution in [0.5, 0.6) is 0 Å². The highest BCUT2D eigenvalue weighted by atomic mass is 16.4. The van der Waals surface area contributed by atoms with Crippen LogP contribution in [0, 0.1) is 6.92 Å². The molecule has 0 atom stereocenters. The Morgan fingerprint density at radius 1 is 1.41 bits per heavy atom. The molecule has 0 bridgehead atoms. The van der Waals surface area contributed by atoms with E-state index in [1.165, 1.54) is 19.9 Å². The first kappa shape index (κ1) is 13.0. The molecule has 1 aromatic rings. The minimum atomic E-state index is -1.23. The van der Waals surface area contributed by atoms with Crippen LogP contribution < -0.4 is 11.1 Å². The van der Waals surface area contributed by atoms with Crippen LogP contribution in [-0.2, 0) is 4.79 Å². The molecule has 1 heterocycles. The molecule has 1 aromatic heterocycles. The van der Waals surface area contributed by atoms with Gasteiger partial charge in [0.1, 0.15) is 11.4 Å². The van der Waals surface area contributed by atoms with Gasteiger partial charge < -0.3 is 16.2 Å². The van der Waals surface area contributed by atoms with E-state index in [0.717, 1.165) is 0 Å². The molecule has 1 rings (SSSR count). The van der Waals surface area contributed by atoms with E-state index in [-0.39, 0.29) is 11.4 Å². The summed E-state index contributed by atoms with van der Waals surface area (Å²) in [6, 6.07) is 3.16. The van der Waals surface area contributed by atoms with Crippen molar-refractivity contribution in [1.82, 2.24) is 4.98 Å². The lowest BCUT2D eigenvalue weighted by molar-refractivity contribution is -0.141. The SMILES string of the molecule is Cc1ccc(C(N)=O)c(NC(C)(C)C(=O)O)n1. The number of carbonyl (C=O) groups is 2. The summed E-state index contributed by atoms with van der Waals surface area (Å²) in [5.74, 6) is -1.51. The van der Waals surface area contributed by atoms with E-state index in [1.807, 2.05) is 0 Å². The van der Waals surface area contributed by atoms with E-state index < -0.39 is 17.4 Å². The van der Waals surface area contributed by atoms with Gasteiger partial charge in [-0.05, 0) is 32.9 Å². The molecule has 0 radical (unpaired) electrons. The largest absolute Gasteiger partial charge is 0.480 e. The third-order valence-corrected chi connectivity index (χ3v) is 2.27. The number of primary amides is 1. The molecule has 0 fully saturated rings. The summed E-state index contributed by atoms with van der Waals surface area (Å²) < 4.78 is 0. The van der Waals surface area contributed by atoms with Crippen molar-refractivity contribution in [2.24, 2.45) is 5.73 Å². The van der Waals surface area contributed by atoms with Gasteiger partial charge in [-0.25, -0.2) is 9.78 Å². The number of hydrogen-bond donors (Lipinski definition) is 3. The Kier molecular flexibility index (Phi) is 3.36. The van der Waals surface area contributed by atoms with Crippen molar-refractivity contribution in [3.8, 4) is 0 Å². The van der Waals surface area contributed by atoms with Gasteiger partial charge in [-0.15, -0.1) is 0 Å². The van der Waals surface area contributed by atoms with Crippen molar-refractivity contribution in [2.75, 3.05) is 5.32 Å². The number of pyridine rings is 1. The number of anilines is 1. The van der Waals surface area contributed by atoms with E-state index >= 15 is 0 Å². The summed E-state index contributed by atoms with van der Waals surface area (Å²) in [5.41, 5.74) is 4.80. The topological polar surface area (TPSA) is 105 Å². The Hall–Kier alpha value is -2.11. The third kappa shape index (κ3) is 2.93. The summed E-state index contributed by atoms with van der Waals surface area (Å²) in [6.07, 6.45) is 0.